The minimum absolute atomic E-state index is 0.0351. The molecule has 0 aliphatic heterocycles. The molecule has 0 fully saturated rings. The zero-order valence-corrected chi connectivity index (χ0v) is 22.9. The van der Waals surface area contributed by atoms with Crippen LogP contribution in [0.25, 0.3) is 0 Å². The average molecular weight is 585 g/mol. The van der Waals surface area contributed by atoms with Crippen molar-refractivity contribution in [1.82, 2.24) is 14.5 Å². The summed E-state index contributed by atoms with van der Waals surface area (Å²) in [6, 6.07) is 5.87. The van der Waals surface area contributed by atoms with Gasteiger partial charge >= 0.3 is 12.1 Å². The topological polar surface area (TPSA) is 149 Å². The summed E-state index contributed by atoms with van der Waals surface area (Å²) in [7, 11) is -1.77. The van der Waals surface area contributed by atoms with E-state index in [0.29, 0.717) is 12.5 Å². The summed E-state index contributed by atoms with van der Waals surface area (Å²) in [5, 5.41) is 15.6. The molecule has 11 nitrogen and oxygen atoms in total. The fourth-order valence-corrected chi connectivity index (χ4v) is 5.11. The van der Waals surface area contributed by atoms with E-state index in [0.717, 1.165) is 30.0 Å². The Bertz CT molecular complexity index is 1550. The van der Waals surface area contributed by atoms with E-state index in [2.05, 4.69) is 15.1 Å². The Morgan fingerprint density at radius 2 is 1.80 bits per heavy atom. The van der Waals surface area contributed by atoms with Gasteiger partial charge in [0.15, 0.2) is 5.69 Å². The van der Waals surface area contributed by atoms with Gasteiger partial charge in [-0.15, -0.1) is 0 Å². The third-order valence-electron chi connectivity index (χ3n) is 5.86. The fraction of sp³-hybridized carbons (Fsp3) is 0.320. The first-order valence-corrected chi connectivity index (χ1v) is 13.2. The Kier molecular flexibility index (Phi) is 8.79. The number of rotatable bonds is 10. The van der Waals surface area contributed by atoms with Crippen LogP contribution in [0.2, 0.25) is 0 Å². The smallest absolute Gasteiger partial charge is 0.419 e. The van der Waals surface area contributed by atoms with Crippen LogP contribution in [-0.2, 0) is 23.2 Å². The molecule has 0 radical (unpaired) electrons. The number of aromatic carboxylic acids is 1. The van der Waals surface area contributed by atoms with Gasteiger partial charge in [-0.1, -0.05) is 6.92 Å². The number of aromatic nitrogens is 2. The van der Waals surface area contributed by atoms with Gasteiger partial charge < -0.3 is 19.9 Å². The molecule has 1 heterocycles. The zero-order chi connectivity index (χ0) is 30.0. The molecule has 1 aromatic heterocycles. The average Bonchev–Trinajstić information content (AvgIpc) is 3.16. The maximum absolute atomic E-state index is 13.4. The quantitative estimate of drug-likeness (QED) is 0.314. The molecule has 0 spiro atoms. The number of carbonyl (C=O) groups excluding carboxylic acids is 1. The molecule has 40 heavy (non-hydrogen) atoms. The summed E-state index contributed by atoms with van der Waals surface area (Å²) >= 11 is 0. The lowest BCUT2D eigenvalue weighted by molar-refractivity contribution is -0.138. The molecule has 216 valence electrons. The van der Waals surface area contributed by atoms with Gasteiger partial charge in [-0.05, 0) is 56.7 Å². The molecular formula is C25H27F3N4O7S. The molecule has 1 amide bonds. The van der Waals surface area contributed by atoms with Gasteiger partial charge in [0.05, 0.1) is 12.7 Å². The summed E-state index contributed by atoms with van der Waals surface area (Å²) in [6.45, 7) is 4.84. The number of nitrogens with one attached hydrogen (secondary N) is 2. The van der Waals surface area contributed by atoms with Crippen molar-refractivity contribution in [2.75, 3.05) is 12.4 Å². The van der Waals surface area contributed by atoms with Crippen molar-refractivity contribution in [3.8, 4) is 17.4 Å². The van der Waals surface area contributed by atoms with E-state index in [9.17, 15) is 36.3 Å². The highest BCUT2D eigenvalue weighted by Crippen LogP contribution is 2.37. The molecule has 15 heteroatoms. The van der Waals surface area contributed by atoms with Crippen LogP contribution in [-0.4, -0.2) is 48.3 Å². The molecule has 3 rings (SSSR count). The molecule has 0 unspecified atom stereocenters. The van der Waals surface area contributed by atoms with Crippen LogP contribution >= 0.6 is 0 Å². The van der Waals surface area contributed by atoms with E-state index < -0.39 is 50.3 Å². The highest BCUT2D eigenvalue weighted by molar-refractivity contribution is 7.89. The molecular weight excluding hydrogens is 557 g/mol. The minimum Gasteiger partial charge on any atom is -0.496 e. The molecule has 0 bridgehead atoms. The maximum Gasteiger partial charge on any atom is 0.419 e. The third kappa shape index (κ3) is 6.54. The minimum atomic E-state index is -4.78. The molecule has 3 aromatic rings. The lowest BCUT2D eigenvalue weighted by Gasteiger charge is -2.17. The van der Waals surface area contributed by atoms with Gasteiger partial charge in [0.1, 0.15) is 16.4 Å². The van der Waals surface area contributed by atoms with Crippen LogP contribution in [0.3, 0.4) is 0 Å². The van der Waals surface area contributed by atoms with Crippen LogP contribution in [0.4, 0.5) is 18.9 Å². The van der Waals surface area contributed by atoms with E-state index in [1.807, 2.05) is 0 Å². The number of carbonyl (C=O) groups is 2. The number of halogens is 3. The number of aryl methyl sites for hydroxylation is 1. The largest absolute Gasteiger partial charge is 0.496 e. The number of hydrogen-bond acceptors (Lipinski definition) is 7. The first-order valence-electron chi connectivity index (χ1n) is 11.8. The van der Waals surface area contributed by atoms with Crippen molar-refractivity contribution < 1.29 is 45.8 Å². The fourth-order valence-electron chi connectivity index (χ4n) is 3.63. The van der Waals surface area contributed by atoms with Gasteiger partial charge in [-0.3, -0.25) is 4.79 Å². The van der Waals surface area contributed by atoms with Crippen molar-refractivity contribution in [1.29, 1.82) is 0 Å². The number of alkyl halides is 3. The summed E-state index contributed by atoms with van der Waals surface area (Å²) < 4.78 is 80.9. The number of ether oxygens (including phenoxy) is 2. The van der Waals surface area contributed by atoms with Gasteiger partial charge in [-0.25, -0.2) is 22.6 Å². The normalized spacial score (nSPS) is 12.6. The Morgan fingerprint density at radius 3 is 2.35 bits per heavy atom. The maximum atomic E-state index is 13.4. The summed E-state index contributed by atoms with van der Waals surface area (Å²) in [5.74, 6) is -2.95. The number of carboxylic acids is 1. The predicted molar refractivity (Wildman–Crippen MR) is 137 cm³/mol. The molecule has 3 N–H and O–H groups in total. The van der Waals surface area contributed by atoms with Crippen LogP contribution in [0.1, 0.15) is 52.2 Å². The van der Waals surface area contributed by atoms with Crippen molar-refractivity contribution in [3.63, 3.8) is 0 Å². The van der Waals surface area contributed by atoms with E-state index in [4.69, 9.17) is 9.47 Å². The van der Waals surface area contributed by atoms with Crippen molar-refractivity contribution in [3.05, 3.63) is 58.8 Å². The van der Waals surface area contributed by atoms with E-state index in [-0.39, 0.29) is 34.1 Å². The number of anilines is 1. The Hall–Kier alpha value is -4.11. The summed E-state index contributed by atoms with van der Waals surface area (Å²) in [5.41, 5.74) is -1.70. The second kappa shape index (κ2) is 11.6. The number of nitrogens with zero attached hydrogens (tertiary/aromatic N) is 2. The van der Waals surface area contributed by atoms with Gasteiger partial charge in [0.25, 0.3) is 5.91 Å². The van der Waals surface area contributed by atoms with Crippen LogP contribution in [0, 0.1) is 6.92 Å². The van der Waals surface area contributed by atoms with Crippen molar-refractivity contribution in [2.24, 2.45) is 7.05 Å². The van der Waals surface area contributed by atoms with Gasteiger partial charge in [-0.2, -0.15) is 18.3 Å². The predicted octanol–water partition coefficient (Wildman–Crippen LogP) is 4.58. The monoisotopic (exact) mass is 584 g/mol. The SMILES string of the molecule is CC[C@@H](C)NS(=O)(=O)c1cc(NC(=O)c2ccc(OC)c(C(F)(F)F)c2)ccc1Oc1c(C)c(C(=O)O)nn1C. The molecule has 0 saturated carbocycles. The van der Waals surface area contributed by atoms with Crippen molar-refractivity contribution in [2.45, 2.75) is 44.3 Å². The Labute approximate surface area is 228 Å². The van der Waals surface area contributed by atoms with E-state index >= 15 is 0 Å². The van der Waals surface area contributed by atoms with Crippen LogP contribution in [0.15, 0.2) is 41.3 Å². The Morgan fingerprint density at radius 1 is 1.15 bits per heavy atom. The second-order valence-electron chi connectivity index (χ2n) is 8.77. The Balaban J connectivity index is 2.04. The van der Waals surface area contributed by atoms with E-state index in [1.54, 1.807) is 13.8 Å². The highest BCUT2D eigenvalue weighted by atomic mass is 32.2. The summed E-state index contributed by atoms with van der Waals surface area (Å²) in [6.07, 6.45) is -4.33. The number of sulfonamides is 1. The first-order chi connectivity index (χ1) is 18.6. The number of hydrogen-bond donors (Lipinski definition) is 3. The molecule has 0 saturated heterocycles. The number of benzene rings is 2. The molecule has 1 atom stereocenters. The number of amides is 1. The lowest BCUT2D eigenvalue weighted by Crippen LogP contribution is -2.32. The second-order valence-corrected chi connectivity index (χ2v) is 10.5. The zero-order valence-electron chi connectivity index (χ0n) is 22.1. The first kappa shape index (κ1) is 30.4. The summed E-state index contributed by atoms with van der Waals surface area (Å²) in [4.78, 5) is 23.9. The number of carboxylic acid groups (broad SMARTS) is 1. The molecule has 0 aliphatic rings. The van der Waals surface area contributed by atoms with Crippen LogP contribution < -0.4 is 19.5 Å². The van der Waals surface area contributed by atoms with Crippen molar-refractivity contribution >= 4 is 27.6 Å². The number of methoxy groups -OCH3 is 1. The molecule has 0 aliphatic carbocycles. The lowest BCUT2D eigenvalue weighted by atomic mass is 10.1. The van der Waals surface area contributed by atoms with Gasteiger partial charge in [0, 0.05) is 29.9 Å². The van der Waals surface area contributed by atoms with E-state index in [1.165, 1.54) is 26.1 Å². The standard InChI is InChI=1S/C25H27F3N4O7S/c1-6-13(2)31-40(36,37)20-12-16(8-10-19(20)39-23-14(3)21(24(34)35)30-32(23)4)29-22(33)15-7-9-18(38-5)17(11-15)25(26,27)28/h7-13,31H,6H2,1-5H3,(H,29,33)(H,34,35)/t13-/m1/s1. The highest BCUT2D eigenvalue weighted by Gasteiger charge is 2.35. The third-order valence-corrected chi connectivity index (χ3v) is 7.47. The van der Waals surface area contributed by atoms with Crippen LogP contribution in [0.5, 0.6) is 17.4 Å². The molecule has 2 aromatic carbocycles. The van der Waals surface area contributed by atoms with Gasteiger partial charge in [0.2, 0.25) is 15.9 Å².